The van der Waals surface area contributed by atoms with E-state index < -0.39 is 5.60 Å². The Bertz CT molecular complexity index is 392. The zero-order chi connectivity index (χ0) is 15.4. The molecule has 0 saturated carbocycles. The number of rotatable bonds is 3. The molecule has 5 heteroatoms. The molecule has 114 valence electrons. The van der Waals surface area contributed by atoms with Crippen molar-refractivity contribution in [3.63, 3.8) is 0 Å². The Labute approximate surface area is 121 Å². The van der Waals surface area contributed by atoms with Crippen LogP contribution in [0.5, 0.6) is 0 Å². The normalized spacial score (nSPS) is 22.1. The van der Waals surface area contributed by atoms with Gasteiger partial charge in [0, 0.05) is 12.6 Å². The van der Waals surface area contributed by atoms with E-state index in [0.717, 1.165) is 12.8 Å². The van der Waals surface area contributed by atoms with Gasteiger partial charge in [-0.25, -0.2) is 14.6 Å². The third kappa shape index (κ3) is 5.33. The van der Waals surface area contributed by atoms with Gasteiger partial charge in [-0.05, 0) is 45.4 Å². The molecule has 1 atom stereocenters. The zero-order valence-electron chi connectivity index (χ0n) is 13.2. The van der Waals surface area contributed by atoms with Gasteiger partial charge in [-0.1, -0.05) is 13.8 Å². The predicted molar refractivity (Wildman–Crippen MR) is 77.3 cm³/mol. The first kappa shape index (κ1) is 16.7. The van der Waals surface area contributed by atoms with Gasteiger partial charge in [0.25, 0.3) is 0 Å². The van der Waals surface area contributed by atoms with Crippen molar-refractivity contribution in [1.29, 1.82) is 0 Å². The van der Waals surface area contributed by atoms with Crippen LogP contribution in [0, 0.1) is 5.41 Å². The summed E-state index contributed by atoms with van der Waals surface area (Å²) < 4.78 is 5.49. The average molecular weight is 282 g/mol. The second kappa shape index (κ2) is 6.40. The third-order valence-corrected chi connectivity index (χ3v) is 3.46. The number of amides is 1. The molecule has 0 radical (unpaired) electrons. The van der Waals surface area contributed by atoms with Crippen LogP contribution in [-0.2, 0) is 9.53 Å². The number of isocyanates is 1. The smallest absolute Gasteiger partial charge is 0.410 e. The molecule has 0 spiro atoms. The zero-order valence-corrected chi connectivity index (χ0v) is 13.2. The van der Waals surface area contributed by atoms with Crippen LogP contribution >= 0.6 is 0 Å². The molecule has 1 aliphatic rings. The van der Waals surface area contributed by atoms with Crippen LogP contribution in [-0.4, -0.2) is 41.8 Å². The van der Waals surface area contributed by atoms with Crippen molar-refractivity contribution in [2.24, 2.45) is 10.4 Å². The highest BCUT2D eigenvalue weighted by Crippen LogP contribution is 2.34. The molecule has 0 aromatic rings. The van der Waals surface area contributed by atoms with Gasteiger partial charge in [-0.3, -0.25) is 0 Å². The molecule has 20 heavy (non-hydrogen) atoms. The Kier molecular flexibility index (Phi) is 5.35. The van der Waals surface area contributed by atoms with Crippen molar-refractivity contribution >= 4 is 12.2 Å². The Morgan fingerprint density at radius 1 is 1.45 bits per heavy atom. The lowest BCUT2D eigenvalue weighted by molar-refractivity contribution is -0.00825. The molecule has 1 amide bonds. The molecular weight excluding hydrogens is 256 g/mol. The molecule has 1 unspecified atom stereocenters. The molecular formula is C15H26N2O3. The summed E-state index contributed by atoms with van der Waals surface area (Å²) in [6.45, 7) is 11.0. The van der Waals surface area contributed by atoms with Crippen molar-refractivity contribution in [3.05, 3.63) is 0 Å². The quantitative estimate of drug-likeness (QED) is 0.590. The molecule has 1 aliphatic heterocycles. The van der Waals surface area contributed by atoms with Gasteiger partial charge in [0.15, 0.2) is 0 Å². The first-order valence-electron chi connectivity index (χ1n) is 7.18. The van der Waals surface area contributed by atoms with Crippen LogP contribution in [0.1, 0.15) is 53.9 Å². The van der Waals surface area contributed by atoms with E-state index in [1.54, 1.807) is 11.0 Å². The lowest BCUT2D eigenvalue weighted by Crippen LogP contribution is -2.51. The number of aliphatic imine (C=N–C) groups is 1. The highest BCUT2D eigenvalue weighted by atomic mass is 16.6. The molecule has 0 bridgehead atoms. The maximum absolute atomic E-state index is 12.3. The molecule has 0 N–H and O–H groups in total. The number of carbonyl (C=O) groups is 1. The number of carbonyl (C=O) groups excluding carboxylic acids is 2. The molecule has 5 nitrogen and oxygen atoms in total. The lowest BCUT2D eigenvalue weighted by Gasteiger charge is -2.43. The van der Waals surface area contributed by atoms with Gasteiger partial charge in [0.2, 0.25) is 6.08 Å². The first-order valence-corrected chi connectivity index (χ1v) is 7.18. The second-order valence-corrected chi connectivity index (χ2v) is 7.23. The second-order valence-electron chi connectivity index (χ2n) is 7.23. The number of hydrogen-bond donors (Lipinski definition) is 0. The highest BCUT2D eigenvalue weighted by Gasteiger charge is 2.37. The van der Waals surface area contributed by atoms with Crippen molar-refractivity contribution in [2.75, 3.05) is 13.1 Å². The Morgan fingerprint density at radius 2 is 2.10 bits per heavy atom. The Balaban J connectivity index is 2.76. The number of piperidine rings is 1. The van der Waals surface area contributed by atoms with E-state index in [-0.39, 0.29) is 17.6 Å². The number of ether oxygens (including phenoxy) is 1. The van der Waals surface area contributed by atoms with Crippen molar-refractivity contribution in [1.82, 2.24) is 4.90 Å². The van der Waals surface area contributed by atoms with Crippen LogP contribution in [0.2, 0.25) is 0 Å². The largest absolute Gasteiger partial charge is 0.444 e. The summed E-state index contributed by atoms with van der Waals surface area (Å²) in [6, 6.07) is 0.0926. The van der Waals surface area contributed by atoms with Gasteiger partial charge in [-0.2, -0.15) is 0 Å². The van der Waals surface area contributed by atoms with Crippen LogP contribution in [0.4, 0.5) is 4.79 Å². The molecule has 0 aliphatic carbocycles. The van der Waals surface area contributed by atoms with Gasteiger partial charge >= 0.3 is 6.09 Å². The van der Waals surface area contributed by atoms with Gasteiger partial charge in [0.1, 0.15) is 5.60 Å². The Morgan fingerprint density at radius 3 is 2.65 bits per heavy atom. The molecule has 0 aromatic carbocycles. The first-order chi connectivity index (χ1) is 9.14. The SMILES string of the molecule is CC1(C)CCC(CCN=C=O)N(C(=O)OC(C)(C)C)C1. The lowest BCUT2D eigenvalue weighted by atomic mass is 9.81. The minimum absolute atomic E-state index is 0.0926. The van der Waals surface area contributed by atoms with Crippen LogP contribution in [0.15, 0.2) is 4.99 Å². The molecule has 1 heterocycles. The van der Waals surface area contributed by atoms with E-state index in [4.69, 9.17) is 4.74 Å². The predicted octanol–water partition coefficient (Wildman–Crippen LogP) is 3.14. The fourth-order valence-electron chi connectivity index (χ4n) is 2.48. The summed E-state index contributed by atoms with van der Waals surface area (Å²) in [5.74, 6) is 0. The van der Waals surface area contributed by atoms with E-state index in [9.17, 15) is 9.59 Å². The van der Waals surface area contributed by atoms with Crippen LogP contribution < -0.4 is 0 Å². The third-order valence-electron chi connectivity index (χ3n) is 3.46. The standard InChI is InChI=1S/C15H26N2O3/c1-14(2,3)20-13(19)17-10-15(4,5)8-6-12(17)7-9-16-11-18/h12H,6-10H2,1-5H3. The molecule has 1 rings (SSSR count). The summed E-state index contributed by atoms with van der Waals surface area (Å²) in [7, 11) is 0. The van der Waals surface area contributed by atoms with Gasteiger partial charge in [-0.15, -0.1) is 0 Å². The van der Waals surface area contributed by atoms with Gasteiger partial charge < -0.3 is 9.64 Å². The number of likely N-dealkylation sites (tertiary alicyclic amines) is 1. The maximum Gasteiger partial charge on any atom is 0.410 e. The average Bonchev–Trinajstić information content (AvgIpc) is 2.28. The molecule has 0 aromatic heterocycles. The van der Waals surface area contributed by atoms with E-state index in [2.05, 4.69) is 18.8 Å². The molecule has 1 saturated heterocycles. The fraction of sp³-hybridized carbons (Fsp3) is 0.867. The number of hydrogen-bond acceptors (Lipinski definition) is 4. The van der Waals surface area contributed by atoms with E-state index in [1.165, 1.54) is 0 Å². The highest BCUT2D eigenvalue weighted by molar-refractivity contribution is 5.68. The summed E-state index contributed by atoms with van der Waals surface area (Å²) in [5.41, 5.74) is -0.397. The summed E-state index contributed by atoms with van der Waals surface area (Å²) in [5, 5.41) is 0. The minimum atomic E-state index is -0.496. The van der Waals surface area contributed by atoms with Crippen LogP contribution in [0.3, 0.4) is 0 Å². The number of nitrogens with zero attached hydrogens (tertiary/aromatic N) is 2. The maximum atomic E-state index is 12.3. The van der Waals surface area contributed by atoms with Gasteiger partial charge in [0.05, 0.1) is 6.54 Å². The topological polar surface area (TPSA) is 59.0 Å². The van der Waals surface area contributed by atoms with Crippen molar-refractivity contribution in [3.8, 4) is 0 Å². The van der Waals surface area contributed by atoms with E-state index >= 15 is 0 Å². The minimum Gasteiger partial charge on any atom is -0.444 e. The van der Waals surface area contributed by atoms with Crippen molar-refractivity contribution < 1.29 is 14.3 Å². The summed E-state index contributed by atoms with van der Waals surface area (Å²) >= 11 is 0. The molecule has 1 fully saturated rings. The summed E-state index contributed by atoms with van der Waals surface area (Å²) in [4.78, 5) is 27.9. The Hall–Kier alpha value is -1.35. The van der Waals surface area contributed by atoms with Crippen LogP contribution in [0.25, 0.3) is 0 Å². The van der Waals surface area contributed by atoms with Crippen molar-refractivity contribution in [2.45, 2.75) is 65.5 Å². The van der Waals surface area contributed by atoms with E-state index in [0.29, 0.717) is 19.5 Å². The monoisotopic (exact) mass is 282 g/mol. The van der Waals surface area contributed by atoms with E-state index in [1.807, 2.05) is 20.8 Å². The summed E-state index contributed by atoms with van der Waals surface area (Å²) in [6.07, 6.45) is 3.93. The fourth-order valence-corrected chi connectivity index (χ4v) is 2.48.